The van der Waals surface area contributed by atoms with Crippen molar-refractivity contribution in [2.75, 3.05) is 6.54 Å². The summed E-state index contributed by atoms with van der Waals surface area (Å²) in [6.07, 6.45) is 11.0. The molecule has 4 nitrogen and oxygen atoms in total. The maximum Gasteiger partial charge on any atom is 0.234 e. The van der Waals surface area contributed by atoms with Crippen molar-refractivity contribution in [3.05, 3.63) is 29.6 Å². The van der Waals surface area contributed by atoms with Crippen LogP contribution in [0.1, 0.15) is 49.7 Å². The average molecular weight is 275 g/mol. The van der Waals surface area contributed by atoms with Gasteiger partial charge in [-0.25, -0.2) is 0 Å². The first-order valence-corrected chi connectivity index (χ1v) is 7.65. The molecule has 1 aromatic rings. The van der Waals surface area contributed by atoms with Gasteiger partial charge in [0.25, 0.3) is 0 Å². The highest BCUT2D eigenvalue weighted by Gasteiger charge is 2.14. The van der Waals surface area contributed by atoms with Gasteiger partial charge in [0.15, 0.2) is 0 Å². The SMILES string of the molecule is Cc1cnccc1CNCC(=O)NC1CCCCCC1. The van der Waals surface area contributed by atoms with E-state index in [1.807, 2.05) is 19.2 Å². The molecule has 0 radical (unpaired) electrons. The molecule has 0 bridgehead atoms. The second-order valence-electron chi connectivity index (χ2n) is 5.66. The Kier molecular flexibility index (Phi) is 5.99. The predicted molar refractivity (Wildman–Crippen MR) is 80.3 cm³/mol. The van der Waals surface area contributed by atoms with Gasteiger partial charge in [0.05, 0.1) is 6.54 Å². The van der Waals surface area contributed by atoms with Crippen LogP contribution in [-0.2, 0) is 11.3 Å². The lowest BCUT2D eigenvalue weighted by molar-refractivity contribution is -0.121. The van der Waals surface area contributed by atoms with E-state index in [-0.39, 0.29) is 5.91 Å². The molecule has 110 valence electrons. The molecule has 0 saturated heterocycles. The van der Waals surface area contributed by atoms with Crippen LogP contribution in [0.4, 0.5) is 0 Å². The van der Waals surface area contributed by atoms with Crippen molar-refractivity contribution in [3.8, 4) is 0 Å². The van der Waals surface area contributed by atoms with Crippen molar-refractivity contribution in [1.29, 1.82) is 0 Å². The second-order valence-corrected chi connectivity index (χ2v) is 5.66. The molecule has 0 spiro atoms. The van der Waals surface area contributed by atoms with Crippen LogP contribution in [0, 0.1) is 6.92 Å². The number of aromatic nitrogens is 1. The summed E-state index contributed by atoms with van der Waals surface area (Å²) in [5, 5.41) is 6.35. The monoisotopic (exact) mass is 275 g/mol. The van der Waals surface area contributed by atoms with E-state index < -0.39 is 0 Å². The molecular weight excluding hydrogens is 250 g/mol. The van der Waals surface area contributed by atoms with Crippen molar-refractivity contribution >= 4 is 5.91 Å². The van der Waals surface area contributed by atoms with Crippen LogP contribution >= 0.6 is 0 Å². The molecule has 1 heterocycles. The number of carbonyl (C=O) groups excluding carboxylic acids is 1. The highest BCUT2D eigenvalue weighted by atomic mass is 16.1. The molecule has 2 N–H and O–H groups in total. The third-order valence-electron chi connectivity index (χ3n) is 3.96. The van der Waals surface area contributed by atoms with Gasteiger partial charge in [-0.1, -0.05) is 25.7 Å². The third kappa shape index (κ3) is 4.93. The first-order chi connectivity index (χ1) is 9.75. The van der Waals surface area contributed by atoms with E-state index in [2.05, 4.69) is 15.6 Å². The van der Waals surface area contributed by atoms with Crippen molar-refractivity contribution < 1.29 is 4.79 Å². The van der Waals surface area contributed by atoms with Crippen LogP contribution in [0.5, 0.6) is 0 Å². The largest absolute Gasteiger partial charge is 0.352 e. The normalized spacial score (nSPS) is 16.6. The van der Waals surface area contributed by atoms with Crippen LogP contribution in [-0.4, -0.2) is 23.5 Å². The van der Waals surface area contributed by atoms with Crippen molar-refractivity contribution in [1.82, 2.24) is 15.6 Å². The van der Waals surface area contributed by atoms with Gasteiger partial charge in [-0.2, -0.15) is 0 Å². The van der Waals surface area contributed by atoms with E-state index in [0.29, 0.717) is 19.1 Å². The van der Waals surface area contributed by atoms with Crippen molar-refractivity contribution in [3.63, 3.8) is 0 Å². The molecule has 0 aliphatic heterocycles. The first-order valence-electron chi connectivity index (χ1n) is 7.65. The number of amides is 1. The van der Waals surface area contributed by atoms with E-state index in [0.717, 1.165) is 18.4 Å². The highest BCUT2D eigenvalue weighted by Crippen LogP contribution is 2.16. The van der Waals surface area contributed by atoms with Crippen LogP contribution in [0.25, 0.3) is 0 Å². The minimum Gasteiger partial charge on any atom is -0.352 e. The van der Waals surface area contributed by atoms with Crippen LogP contribution in [0.3, 0.4) is 0 Å². The highest BCUT2D eigenvalue weighted by molar-refractivity contribution is 5.78. The molecule has 4 heteroatoms. The summed E-state index contributed by atoms with van der Waals surface area (Å²) in [5.74, 6) is 0.114. The Morgan fingerprint density at radius 2 is 2.05 bits per heavy atom. The lowest BCUT2D eigenvalue weighted by atomic mass is 10.1. The zero-order valence-corrected chi connectivity index (χ0v) is 12.3. The molecule has 1 amide bonds. The van der Waals surface area contributed by atoms with Crippen molar-refractivity contribution in [2.24, 2.45) is 0 Å². The van der Waals surface area contributed by atoms with Crippen molar-refractivity contribution in [2.45, 2.75) is 58.0 Å². The van der Waals surface area contributed by atoms with E-state index in [4.69, 9.17) is 0 Å². The zero-order chi connectivity index (χ0) is 14.2. The fourth-order valence-electron chi connectivity index (χ4n) is 2.71. The number of carbonyl (C=O) groups is 1. The van der Waals surface area contributed by atoms with Gasteiger partial charge >= 0.3 is 0 Å². The lowest BCUT2D eigenvalue weighted by Crippen LogP contribution is -2.40. The summed E-state index contributed by atoms with van der Waals surface area (Å²) in [6.45, 7) is 3.14. The fourth-order valence-corrected chi connectivity index (χ4v) is 2.71. The van der Waals surface area contributed by atoms with Gasteiger partial charge in [-0.05, 0) is 37.0 Å². The molecule has 1 saturated carbocycles. The molecule has 20 heavy (non-hydrogen) atoms. The number of rotatable bonds is 5. The van der Waals surface area contributed by atoms with E-state index in [1.54, 1.807) is 6.20 Å². The summed E-state index contributed by atoms with van der Waals surface area (Å²) < 4.78 is 0. The Bertz CT molecular complexity index is 425. The topological polar surface area (TPSA) is 54.0 Å². The maximum absolute atomic E-state index is 11.9. The molecule has 1 aliphatic rings. The van der Waals surface area contributed by atoms with Gasteiger partial charge in [0.1, 0.15) is 0 Å². The average Bonchev–Trinajstić information content (AvgIpc) is 2.69. The summed E-state index contributed by atoms with van der Waals surface area (Å²) in [6, 6.07) is 2.38. The van der Waals surface area contributed by atoms with E-state index >= 15 is 0 Å². The summed E-state index contributed by atoms with van der Waals surface area (Å²) >= 11 is 0. The Hall–Kier alpha value is -1.42. The number of hydrogen-bond donors (Lipinski definition) is 2. The summed E-state index contributed by atoms with van der Waals surface area (Å²) in [7, 11) is 0. The lowest BCUT2D eigenvalue weighted by Gasteiger charge is -2.16. The number of nitrogens with one attached hydrogen (secondary N) is 2. The van der Waals surface area contributed by atoms with Gasteiger partial charge in [0.2, 0.25) is 5.91 Å². The second kappa shape index (κ2) is 8.00. The number of hydrogen-bond acceptors (Lipinski definition) is 3. The predicted octanol–water partition coefficient (Wildman–Crippen LogP) is 2.32. The first kappa shape index (κ1) is 15.0. The van der Waals surface area contributed by atoms with E-state index in [1.165, 1.54) is 31.2 Å². The number of aryl methyl sites for hydroxylation is 1. The molecule has 0 unspecified atom stereocenters. The van der Waals surface area contributed by atoms with E-state index in [9.17, 15) is 4.79 Å². The van der Waals surface area contributed by atoms with Gasteiger partial charge < -0.3 is 10.6 Å². The summed E-state index contributed by atoms with van der Waals surface area (Å²) in [5.41, 5.74) is 2.35. The smallest absolute Gasteiger partial charge is 0.234 e. The molecule has 1 aliphatic carbocycles. The Labute approximate surface area is 121 Å². The quantitative estimate of drug-likeness (QED) is 0.811. The molecule has 1 fully saturated rings. The number of pyridine rings is 1. The van der Waals surface area contributed by atoms with Crippen LogP contribution in [0.2, 0.25) is 0 Å². The number of nitrogens with zero attached hydrogens (tertiary/aromatic N) is 1. The van der Waals surface area contributed by atoms with Gasteiger partial charge in [-0.3, -0.25) is 9.78 Å². The van der Waals surface area contributed by atoms with Crippen LogP contribution < -0.4 is 10.6 Å². The molecular formula is C16H25N3O. The van der Waals surface area contributed by atoms with Crippen LogP contribution in [0.15, 0.2) is 18.5 Å². The molecule has 1 aromatic heterocycles. The molecule has 0 aromatic carbocycles. The Morgan fingerprint density at radius 3 is 2.75 bits per heavy atom. The van der Waals surface area contributed by atoms with Gasteiger partial charge in [-0.15, -0.1) is 0 Å². The minimum atomic E-state index is 0.114. The third-order valence-corrected chi connectivity index (χ3v) is 3.96. The zero-order valence-electron chi connectivity index (χ0n) is 12.3. The standard InChI is InChI=1S/C16H25N3O/c1-13-10-17-9-8-14(13)11-18-12-16(20)19-15-6-4-2-3-5-7-15/h8-10,15,18H,2-7,11-12H2,1H3,(H,19,20). The summed E-state index contributed by atoms with van der Waals surface area (Å²) in [4.78, 5) is 16.0. The Morgan fingerprint density at radius 1 is 1.30 bits per heavy atom. The Balaban J connectivity index is 1.68. The minimum absolute atomic E-state index is 0.114. The molecule has 0 atom stereocenters. The molecule has 2 rings (SSSR count). The fraction of sp³-hybridized carbons (Fsp3) is 0.625. The van der Waals surface area contributed by atoms with Gasteiger partial charge in [0, 0.05) is 25.0 Å². The maximum atomic E-state index is 11.9.